The average Bonchev–Trinajstić information content (AvgIpc) is 2.20. The molecule has 3 nitrogen and oxygen atoms in total. The second-order valence-electron chi connectivity index (χ2n) is 2.40. The summed E-state index contributed by atoms with van der Waals surface area (Å²) in [6.45, 7) is -0.0842. The molecule has 0 unspecified atom stereocenters. The van der Waals surface area contributed by atoms with E-state index in [0.717, 1.165) is 0 Å². The van der Waals surface area contributed by atoms with Gasteiger partial charge in [-0.15, -0.1) is 0 Å². The highest BCUT2D eigenvalue weighted by molar-refractivity contribution is 5.97. The molecule has 2 N–H and O–H groups in total. The molecule has 0 saturated heterocycles. The van der Waals surface area contributed by atoms with E-state index in [2.05, 4.69) is 6.04 Å². The summed E-state index contributed by atoms with van der Waals surface area (Å²) in [7, 11) is 0. The van der Waals surface area contributed by atoms with Crippen LogP contribution in [0.4, 0.5) is 5.69 Å². The van der Waals surface area contributed by atoms with E-state index < -0.39 is 0 Å². The monoisotopic (exact) mass is 174 g/mol. The summed E-state index contributed by atoms with van der Waals surface area (Å²) in [4.78, 5) is 12.4. The van der Waals surface area contributed by atoms with Gasteiger partial charge in [-0.05, 0) is 12.1 Å². The number of nitrogens with zero attached hydrogens (tertiary/aromatic N) is 1. The van der Waals surface area contributed by atoms with Crippen molar-refractivity contribution in [3.05, 3.63) is 30.3 Å². The Morgan fingerprint density at radius 3 is 2.54 bits per heavy atom. The predicted molar refractivity (Wildman–Crippen MR) is 51.8 cm³/mol. The minimum Gasteiger partial charge on any atom is -0.322 e. The van der Waals surface area contributed by atoms with Gasteiger partial charge in [0, 0.05) is 6.04 Å². The molecular formula is C10H10N2O. The first-order valence-electron chi connectivity index (χ1n) is 3.84. The van der Waals surface area contributed by atoms with Crippen LogP contribution < -0.4 is 10.6 Å². The lowest BCUT2D eigenvalue weighted by Gasteiger charge is -2.13. The first kappa shape index (κ1) is 9.30. The summed E-state index contributed by atoms with van der Waals surface area (Å²) < 4.78 is 0. The van der Waals surface area contributed by atoms with Crippen molar-refractivity contribution in [3.63, 3.8) is 0 Å². The molecule has 66 valence electrons. The molecule has 0 fully saturated rings. The number of amides is 1. The van der Waals surface area contributed by atoms with Crippen LogP contribution in [0, 0.1) is 12.5 Å². The number of carbonyl (C=O) groups is 1. The molecule has 1 rings (SSSR count). The molecular weight excluding hydrogens is 164 g/mol. The molecule has 0 bridgehead atoms. The van der Waals surface area contributed by atoms with Gasteiger partial charge in [0.05, 0.1) is 12.2 Å². The maximum atomic E-state index is 11.2. The van der Waals surface area contributed by atoms with Crippen molar-refractivity contribution >= 4 is 11.6 Å². The van der Waals surface area contributed by atoms with Gasteiger partial charge in [-0.1, -0.05) is 24.6 Å². The molecule has 0 radical (unpaired) electrons. The topological polar surface area (TPSA) is 46.3 Å². The van der Waals surface area contributed by atoms with E-state index in [-0.39, 0.29) is 12.5 Å². The molecule has 0 atom stereocenters. The van der Waals surface area contributed by atoms with E-state index in [1.807, 2.05) is 18.2 Å². The minimum absolute atomic E-state index is 0.0842. The molecule has 0 spiro atoms. The molecule has 1 amide bonds. The zero-order valence-electron chi connectivity index (χ0n) is 7.10. The average molecular weight is 174 g/mol. The zero-order valence-corrected chi connectivity index (χ0v) is 7.10. The number of anilines is 1. The van der Waals surface area contributed by atoms with E-state index in [1.165, 1.54) is 4.90 Å². The van der Waals surface area contributed by atoms with Gasteiger partial charge in [0.25, 0.3) is 5.91 Å². The highest BCUT2D eigenvalue weighted by Crippen LogP contribution is 2.11. The van der Waals surface area contributed by atoms with Gasteiger partial charge in [-0.2, -0.15) is 0 Å². The van der Waals surface area contributed by atoms with Crippen molar-refractivity contribution in [1.82, 2.24) is 0 Å². The van der Waals surface area contributed by atoms with Gasteiger partial charge >= 0.3 is 0 Å². The fourth-order valence-electron chi connectivity index (χ4n) is 0.959. The number of para-hydroxylation sites is 1. The number of nitrogens with two attached hydrogens (primary N) is 1. The lowest BCUT2D eigenvalue weighted by molar-refractivity contribution is -0.116. The molecule has 0 aromatic heterocycles. The number of hydrogen-bond donors (Lipinski definition) is 1. The number of terminal acetylenes is 1. The number of hydrogen-bond acceptors (Lipinski definition) is 2. The van der Waals surface area contributed by atoms with E-state index in [9.17, 15) is 4.79 Å². The smallest absolute Gasteiger partial charge is 0.252 e. The summed E-state index contributed by atoms with van der Waals surface area (Å²) in [6, 6.07) is 11.3. The first-order chi connectivity index (χ1) is 6.29. The summed E-state index contributed by atoms with van der Waals surface area (Å²) in [5.41, 5.74) is 5.87. The third kappa shape index (κ3) is 2.08. The van der Waals surface area contributed by atoms with Gasteiger partial charge in [-0.3, -0.25) is 4.79 Å². The zero-order chi connectivity index (χ0) is 9.68. The Hall–Kier alpha value is -1.79. The van der Waals surface area contributed by atoms with Gasteiger partial charge in [0.2, 0.25) is 0 Å². The molecule has 1 aromatic carbocycles. The van der Waals surface area contributed by atoms with Crippen LogP contribution in [0.1, 0.15) is 0 Å². The molecule has 0 heterocycles. The maximum Gasteiger partial charge on any atom is 0.252 e. The Balaban J connectivity index is 2.93. The molecule has 0 aliphatic carbocycles. The lowest BCUT2D eigenvalue weighted by Crippen LogP contribution is -2.31. The summed E-state index contributed by atoms with van der Waals surface area (Å²) in [6.07, 6.45) is 5.18. The Kier molecular flexibility index (Phi) is 3.07. The predicted octanol–water partition coefficient (Wildman–Crippen LogP) is 0.569. The van der Waals surface area contributed by atoms with Crippen molar-refractivity contribution in [1.29, 1.82) is 0 Å². The van der Waals surface area contributed by atoms with Crippen LogP contribution in [0.15, 0.2) is 30.3 Å². The molecule has 3 heteroatoms. The fourth-order valence-corrected chi connectivity index (χ4v) is 0.959. The van der Waals surface area contributed by atoms with Gasteiger partial charge in [0.15, 0.2) is 0 Å². The Labute approximate surface area is 77.2 Å². The van der Waals surface area contributed by atoms with E-state index in [1.54, 1.807) is 12.1 Å². The normalized spacial score (nSPS) is 8.92. The van der Waals surface area contributed by atoms with Crippen LogP contribution in [0.5, 0.6) is 0 Å². The van der Waals surface area contributed by atoms with E-state index in [4.69, 9.17) is 12.2 Å². The maximum absolute atomic E-state index is 11.2. The Morgan fingerprint density at radius 1 is 1.46 bits per heavy atom. The second kappa shape index (κ2) is 4.29. The number of carbonyl (C=O) groups excluding carboxylic acids is 1. The van der Waals surface area contributed by atoms with E-state index in [0.29, 0.717) is 5.69 Å². The SMILES string of the molecule is C#CN(C(=O)CN)c1ccccc1. The van der Waals surface area contributed by atoms with Gasteiger partial charge in [0.1, 0.15) is 0 Å². The number of benzene rings is 1. The van der Waals surface area contributed by atoms with Crippen LogP contribution in [0.2, 0.25) is 0 Å². The summed E-state index contributed by atoms with van der Waals surface area (Å²) in [5, 5.41) is 0. The molecule has 13 heavy (non-hydrogen) atoms. The quantitative estimate of drug-likeness (QED) is 0.526. The summed E-state index contributed by atoms with van der Waals surface area (Å²) in [5.74, 6) is -0.284. The van der Waals surface area contributed by atoms with Crippen molar-refractivity contribution in [2.45, 2.75) is 0 Å². The van der Waals surface area contributed by atoms with Crippen molar-refractivity contribution in [3.8, 4) is 12.5 Å². The fraction of sp³-hybridized carbons (Fsp3) is 0.100. The van der Waals surface area contributed by atoms with Gasteiger partial charge in [-0.25, -0.2) is 4.90 Å². The number of rotatable bonds is 2. The highest BCUT2D eigenvalue weighted by atomic mass is 16.2. The second-order valence-corrected chi connectivity index (χ2v) is 2.40. The van der Waals surface area contributed by atoms with Crippen LogP contribution in [0.3, 0.4) is 0 Å². The molecule has 0 aliphatic rings. The lowest BCUT2D eigenvalue weighted by atomic mass is 10.3. The third-order valence-electron chi connectivity index (χ3n) is 1.57. The van der Waals surface area contributed by atoms with Crippen LogP contribution in [-0.2, 0) is 4.79 Å². The van der Waals surface area contributed by atoms with Crippen LogP contribution in [0.25, 0.3) is 0 Å². The van der Waals surface area contributed by atoms with Gasteiger partial charge < -0.3 is 5.73 Å². The third-order valence-corrected chi connectivity index (χ3v) is 1.57. The standard InChI is InChI=1S/C10H10N2O/c1-2-12(10(13)8-11)9-6-4-3-5-7-9/h1,3-7H,8,11H2. The van der Waals surface area contributed by atoms with Crippen molar-refractivity contribution in [2.75, 3.05) is 11.4 Å². The van der Waals surface area contributed by atoms with E-state index >= 15 is 0 Å². The molecule has 1 aromatic rings. The largest absolute Gasteiger partial charge is 0.322 e. The first-order valence-corrected chi connectivity index (χ1v) is 3.84. The Morgan fingerprint density at radius 2 is 2.08 bits per heavy atom. The Bertz CT molecular complexity index is 327. The highest BCUT2D eigenvalue weighted by Gasteiger charge is 2.09. The minimum atomic E-state index is -0.284. The van der Waals surface area contributed by atoms with Crippen LogP contribution in [-0.4, -0.2) is 12.5 Å². The van der Waals surface area contributed by atoms with Crippen molar-refractivity contribution in [2.24, 2.45) is 5.73 Å². The van der Waals surface area contributed by atoms with Crippen LogP contribution >= 0.6 is 0 Å². The van der Waals surface area contributed by atoms with Crippen molar-refractivity contribution < 1.29 is 4.79 Å². The molecule has 0 aliphatic heterocycles. The summed E-state index contributed by atoms with van der Waals surface area (Å²) >= 11 is 0. The molecule has 0 saturated carbocycles.